The maximum atomic E-state index is 6.05. The number of nitrogens with one attached hydrogen (secondary N) is 1. The number of aromatic nitrogens is 3. The SMILES string of the molecule is CCCCC(CC)CC(N)c1ncn[nH]1. The first-order valence-corrected chi connectivity index (χ1v) is 5.88. The fraction of sp³-hybridized carbons (Fsp3) is 0.818. The van der Waals surface area contributed by atoms with Crippen molar-refractivity contribution in [1.82, 2.24) is 15.2 Å². The normalized spacial score (nSPS) is 15.1. The molecule has 1 aromatic heterocycles. The second-order valence-electron chi connectivity index (χ2n) is 4.13. The fourth-order valence-corrected chi connectivity index (χ4v) is 1.85. The van der Waals surface area contributed by atoms with Gasteiger partial charge in [0.05, 0.1) is 6.04 Å². The van der Waals surface area contributed by atoms with Crippen molar-refractivity contribution < 1.29 is 0 Å². The Morgan fingerprint density at radius 3 is 2.80 bits per heavy atom. The summed E-state index contributed by atoms with van der Waals surface area (Å²) in [5.74, 6) is 1.52. The Morgan fingerprint density at radius 1 is 1.47 bits per heavy atom. The van der Waals surface area contributed by atoms with Crippen LogP contribution in [0.2, 0.25) is 0 Å². The lowest BCUT2D eigenvalue weighted by Gasteiger charge is -2.17. The smallest absolute Gasteiger partial charge is 0.141 e. The predicted octanol–water partition coefficient (Wildman–Crippen LogP) is 2.41. The van der Waals surface area contributed by atoms with Crippen molar-refractivity contribution >= 4 is 0 Å². The van der Waals surface area contributed by atoms with E-state index in [1.165, 1.54) is 32.0 Å². The van der Waals surface area contributed by atoms with Crippen LogP contribution in [0.4, 0.5) is 0 Å². The molecule has 1 heterocycles. The van der Waals surface area contributed by atoms with Gasteiger partial charge in [-0.15, -0.1) is 0 Å². The summed E-state index contributed by atoms with van der Waals surface area (Å²) in [5, 5.41) is 6.66. The van der Waals surface area contributed by atoms with Crippen molar-refractivity contribution in [2.45, 2.75) is 52.0 Å². The lowest BCUT2D eigenvalue weighted by atomic mass is 9.92. The monoisotopic (exact) mass is 210 g/mol. The van der Waals surface area contributed by atoms with E-state index in [0.29, 0.717) is 5.92 Å². The van der Waals surface area contributed by atoms with Crippen molar-refractivity contribution in [1.29, 1.82) is 0 Å². The Morgan fingerprint density at radius 2 is 2.27 bits per heavy atom. The van der Waals surface area contributed by atoms with Crippen LogP contribution in [0.15, 0.2) is 6.33 Å². The molecule has 0 radical (unpaired) electrons. The van der Waals surface area contributed by atoms with E-state index in [1.54, 1.807) is 0 Å². The number of nitrogens with zero attached hydrogens (tertiary/aromatic N) is 2. The van der Waals surface area contributed by atoms with E-state index in [1.807, 2.05) is 0 Å². The zero-order chi connectivity index (χ0) is 11.1. The molecular weight excluding hydrogens is 188 g/mol. The van der Waals surface area contributed by atoms with Gasteiger partial charge in [0.25, 0.3) is 0 Å². The summed E-state index contributed by atoms with van der Waals surface area (Å²) in [5.41, 5.74) is 6.05. The van der Waals surface area contributed by atoms with Crippen LogP contribution in [0.5, 0.6) is 0 Å². The molecule has 0 aliphatic heterocycles. The quantitative estimate of drug-likeness (QED) is 0.726. The predicted molar refractivity (Wildman–Crippen MR) is 61.2 cm³/mol. The molecule has 0 aliphatic rings. The molecular formula is C11H22N4. The number of unbranched alkanes of at least 4 members (excludes halogenated alkanes) is 1. The Kier molecular flexibility index (Phi) is 5.32. The van der Waals surface area contributed by atoms with Gasteiger partial charge in [0.2, 0.25) is 0 Å². The third-order valence-corrected chi connectivity index (χ3v) is 2.92. The van der Waals surface area contributed by atoms with Gasteiger partial charge < -0.3 is 5.73 Å². The molecule has 1 rings (SSSR count). The van der Waals surface area contributed by atoms with Gasteiger partial charge in [-0.1, -0.05) is 39.5 Å². The van der Waals surface area contributed by atoms with Crippen LogP contribution in [0.1, 0.15) is 57.8 Å². The Hall–Kier alpha value is -0.900. The molecule has 0 spiro atoms. The van der Waals surface area contributed by atoms with Crippen LogP contribution in [-0.4, -0.2) is 15.2 Å². The minimum atomic E-state index is 0.00862. The maximum absolute atomic E-state index is 6.05. The number of H-pyrrole nitrogens is 1. The van der Waals surface area contributed by atoms with Gasteiger partial charge >= 0.3 is 0 Å². The zero-order valence-electron chi connectivity index (χ0n) is 9.74. The topological polar surface area (TPSA) is 67.6 Å². The van der Waals surface area contributed by atoms with E-state index in [-0.39, 0.29) is 6.04 Å². The van der Waals surface area contributed by atoms with Gasteiger partial charge in [-0.3, -0.25) is 5.10 Å². The molecule has 3 N–H and O–H groups in total. The number of rotatable bonds is 7. The van der Waals surface area contributed by atoms with Crippen molar-refractivity contribution in [3.63, 3.8) is 0 Å². The molecule has 0 saturated heterocycles. The largest absolute Gasteiger partial charge is 0.321 e. The van der Waals surface area contributed by atoms with E-state index >= 15 is 0 Å². The van der Waals surface area contributed by atoms with E-state index in [0.717, 1.165) is 12.2 Å². The minimum Gasteiger partial charge on any atom is -0.321 e. The van der Waals surface area contributed by atoms with Gasteiger partial charge in [-0.2, -0.15) is 5.10 Å². The number of hydrogen-bond donors (Lipinski definition) is 2. The van der Waals surface area contributed by atoms with Crippen LogP contribution < -0.4 is 5.73 Å². The van der Waals surface area contributed by atoms with Crippen molar-refractivity contribution in [3.05, 3.63) is 12.2 Å². The fourth-order valence-electron chi connectivity index (χ4n) is 1.85. The first-order valence-electron chi connectivity index (χ1n) is 5.88. The molecule has 0 saturated carbocycles. The molecule has 4 nitrogen and oxygen atoms in total. The summed E-state index contributed by atoms with van der Waals surface area (Å²) in [7, 11) is 0. The van der Waals surface area contributed by atoms with Crippen molar-refractivity contribution in [2.75, 3.05) is 0 Å². The third kappa shape index (κ3) is 4.00. The lowest BCUT2D eigenvalue weighted by Crippen LogP contribution is -2.16. The van der Waals surface area contributed by atoms with Crippen LogP contribution in [0.3, 0.4) is 0 Å². The molecule has 86 valence electrons. The summed E-state index contributed by atoms with van der Waals surface area (Å²) in [6.45, 7) is 4.45. The zero-order valence-corrected chi connectivity index (χ0v) is 9.74. The number of hydrogen-bond acceptors (Lipinski definition) is 3. The van der Waals surface area contributed by atoms with Crippen molar-refractivity contribution in [3.8, 4) is 0 Å². The first kappa shape index (κ1) is 12.2. The molecule has 0 bridgehead atoms. The third-order valence-electron chi connectivity index (χ3n) is 2.92. The molecule has 0 amide bonds. The summed E-state index contributed by atoms with van der Waals surface area (Å²) in [4.78, 5) is 4.09. The molecule has 0 aliphatic carbocycles. The molecule has 0 fully saturated rings. The van der Waals surface area contributed by atoms with E-state index in [2.05, 4.69) is 29.0 Å². The summed E-state index contributed by atoms with van der Waals surface area (Å²) < 4.78 is 0. The molecule has 1 aromatic rings. The average molecular weight is 210 g/mol. The highest BCUT2D eigenvalue weighted by molar-refractivity contribution is 4.90. The molecule has 0 aromatic carbocycles. The highest BCUT2D eigenvalue weighted by Crippen LogP contribution is 2.22. The molecule has 15 heavy (non-hydrogen) atoms. The number of nitrogens with two attached hydrogens (primary N) is 1. The lowest BCUT2D eigenvalue weighted by molar-refractivity contribution is 0.382. The Labute approximate surface area is 91.7 Å². The van der Waals surface area contributed by atoms with E-state index < -0.39 is 0 Å². The van der Waals surface area contributed by atoms with Gasteiger partial charge in [0, 0.05) is 0 Å². The Balaban J connectivity index is 2.37. The average Bonchev–Trinajstić information content (AvgIpc) is 2.77. The summed E-state index contributed by atoms with van der Waals surface area (Å²) >= 11 is 0. The van der Waals surface area contributed by atoms with Crippen LogP contribution in [0, 0.1) is 5.92 Å². The minimum absolute atomic E-state index is 0.00862. The van der Waals surface area contributed by atoms with Crippen LogP contribution in [-0.2, 0) is 0 Å². The summed E-state index contributed by atoms with van der Waals surface area (Å²) in [6.07, 6.45) is 7.54. The van der Waals surface area contributed by atoms with E-state index in [4.69, 9.17) is 5.73 Å². The maximum Gasteiger partial charge on any atom is 0.141 e. The molecule has 2 unspecified atom stereocenters. The van der Waals surface area contributed by atoms with Gasteiger partial charge in [0.15, 0.2) is 0 Å². The van der Waals surface area contributed by atoms with Gasteiger partial charge in [0.1, 0.15) is 12.2 Å². The van der Waals surface area contributed by atoms with Gasteiger partial charge in [-0.05, 0) is 12.3 Å². The number of aromatic amines is 1. The second-order valence-corrected chi connectivity index (χ2v) is 4.13. The first-order chi connectivity index (χ1) is 7.27. The summed E-state index contributed by atoms with van der Waals surface area (Å²) in [6, 6.07) is 0.00862. The molecule has 2 atom stereocenters. The van der Waals surface area contributed by atoms with E-state index in [9.17, 15) is 0 Å². The van der Waals surface area contributed by atoms with Crippen LogP contribution >= 0.6 is 0 Å². The van der Waals surface area contributed by atoms with Crippen LogP contribution in [0.25, 0.3) is 0 Å². The highest BCUT2D eigenvalue weighted by atomic mass is 15.2. The Bertz CT molecular complexity index is 245. The van der Waals surface area contributed by atoms with Crippen molar-refractivity contribution in [2.24, 2.45) is 11.7 Å². The highest BCUT2D eigenvalue weighted by Gasteiger charge is 2.15. The molecule has 4 heteroatoms. The standard InChI is InChI=1S/C11H22N4/c1-3-5-6-9(4-2)7-10(12)11-13-8-14-15-11/h8-10H,3-7,12H2,1-2H3,(H,13,14,15). The van der Waals surface area contributed by atoms with Gasteiger partial charge in [-0.25, -0.2) is 4.98 Å². The second kappa shape index (κ2) is 6.56.